The Morgan fingerprint density at radius 1 is 1.16 bits per heavy atom. The van der Waals surface area contributed by atoms with Crippen LogP contribution in [-0.2, 0) is 16.2 Å². The summed E-state index contributed by atoms with van der Waals surface area (Å²) in [5.74, 6) is -0.270. The molecule has 0 aromatic heterocycles. The van der Waals surface area contributed by atoms with Crippen molar-refractivity contribution in [1.82, 2.24) is 4.90 Å². The van der Waals surface area contributed by atoms with Crippen molar-refractivity contribution in [3.63, 3.8) is 0 Å². The molecule has 0 aliphatic carbocycles. The molecule has 2 aromatic carbocycles. The molecule has 1 unspecified atom stereocenters. The molecule has 0 saturated heterocycles. The SMILES string of the molecule is CN(C)c1ccc(C2=NOC(CN(Cc3cccc(F)c3)C(=O)CC(C)(C)C)C2)cc1. The predicted octanol–water partition coefficient (Wildman–Crippen LogP) is 4.85. The van der Waals surface area contributed by atoms with Gasteiger partial charge >= 0.3 is 0 Å². The predicted molar refractivity (Wildman–Crippen MR) is 123 cm³/mol. The molecule has 0 N–H and O–H groups in total. The van der Waals surface area contributed by atoms with Gasteiger partial charge in [-0.3, -0.25) is 4.79 Å². The van der Waals surface area contributed by atoms with E-state index in [4.69, 9.17) is 4.84 Å². The molecule has 1 heterocycles. The van der Waals surface area contributed by atoms with E-state index in [-0.39, 0.29) is 23.2 Å². The van der Waals surface area contributed by atoms with Crippen molar-refractivity contribution in [2.45, 2.75) is 46.3 Å². The molecule has 0 saturated carbocycles. The molecule has 1 aliphatic heterocycles. The highest BCUT2D eigenvalue weighted by molar-refractivity contribution is 6.01. The summed E-state index contributed by atoms with van der Waals surface area (Å²) in [4.78, 5) is 22.5. The third-order valence-corrected chi connectivity index (χ3v) is 5.17. The molecule has 31 heavy (non-hydrogen) atoms. The van der Waals surface area contributed by atoms with Crippen molar-refractivity contribution in [3.8, 4) is 0 Å². The molecule has 1 aliphatic rings. The van der Waals surface area contributed by atoms with E-state index in [1.54, 1.807) is 11.0 Å². The minimum atomic E-state index is -0.301. The van der Waals surface area contributed by atoms with Crippen LogP contribution < -0.4 is 4.90 Å². The summed E-state index contributed by atoms with van der Waals surface area (Å²) >= 11 is 0. The second-order valence-electron chi connectivity index (χ2n) is 9.55. The largest absolute Gasteiger partial charge is 0.390 e. The van der Waals surface area contributed by atoms with Gasteiger partial charge in [-0.1, -0.05) is 50.2 Å². The van der Waals surface area contributed by atoms with E-state index in [0.29, 0.717) is 25.9 Å². The molecule has 0 fully saturated rings. The van der Waals surface area contributed by atoms with Crippen LogP contribution >= 0.6 is 0 Å². The Labute approximate surface area is 184 Å². The van der Waals surface area contributed by atoms with Gasteiger partial charge in [-0.05, 0) is 40.8 Å². The fourth-order valence-corrected chi connectivity index (χ4v) is 3.57. The highest BCUT2D eigenvalue weighted by atomic mass is 19.1. The first-order chi connectivity index (χ1) is 14.6. The lowest BCUT2D eigenvalue weighted by Gasteiger charge is -2.28. The van der Waals surface area contributed by atoms with Crippen molar-refractivity contribution >= 4 is 17.3 Å². The molecule has 1 amide bonds. The van der Waals surface area contributed by atoms with E-state index in [1.165, 1.54) is 12.1 Å². The minimum absolute atomic E-state index is 0.0316. The molecule has 0 bridgehead atoms. The summed E-state index contributed by atoms with van der Waals surface area (Å²) in [7, 11) is 4.01. The van der Waals surface area contributed by atoms with E-state index in [9.17, 15) is 9.18 Å². The second-order valence-corrected chi connectivity index (χ2v) is 9.55. The number of benzene rings is 2. The van der Waals surface area contributed by atoms with Crippen LogP contribution in [0.3, 0.4) is 0 Å². The van der Waals surface area contributed by atoms with Gasteiger partial charge in [0.2, 0.25) is 5.91 Å². The molecular weight excluding hydrogens is 393 g/mol. The van der Waals surface area contributed by atoms with Gasteiger partial charge < -0.3 is 14.6 Å². The van der Waals surface area contributed by atoms with Gasteiger partial charge in [0.1, 0.15) is 5.82 Å². The van der Waals surface area contributed by atoms with Crippen LogP contribution in [0.4, 0.5) is 10.1 Å². The number of amides is 1. The lowest BCUT2D eigenvalue weighted by Crippen LogP contribution is -2.38. The van der Waals surface area contributed by atoms with Crippen molar-refractivity contribution in [2.75, 3.05) is 25.5 Å². The fraction of sp³-hybridized carbons (Fsp3) is 0.440. The normalized spacial score (nSPS) is 15.9. The number of anilines is 1. The van der Waals surface area contributed by atoms with Crippen molar-refractivity contribution in [3.05, 3.63) is 65.5 Å². The average molecular weight is 426 g/mol. The molecule has 5 nitrogen and oxygen atoms in total. The molecule has 0 radical (unpaired) electrons. The first-order valence-corrected chi connectivity index (χ1v) is 10.6. The highest BCUT2D eigenvalue weighted by Gasteiger charge is 2.28. The number of rotatable bonds is 7. The number of hydrogen-bond acceptors (Lipinski definition) is 4. The van der Waals surface area contributed by atoms with Crippen LogP contribution in [0, 0.1) is 11.2 Å². The average Bonchev–Trinajstić information content (AvgIpc) is 3.15. The zero-order valence-corrected chi connectivity index (χ0v) is 19.1. The number of oxime groups is 1. The third kappa shape index (κ3) is 6.54. The fourth-order valence-electron chi connectivity index (χ4n) is 3.57. The molecule has 2 aromatic rings. The van der Waals surface area contributed by atoms with Gasteiger partial charge in [-0.25, -0.2) is 4.39 Å². The van der Waals surface area contributed by atoms with Crippen LogP contribution in [0.2, 0.25) is 0 Å². The van der Waals surface area contributed by atoms with Gasteiger partial charge in [0, 0.05) is 39.2 Å². The first-order valence-electron chi connectivity index (χ1n) is 10.6. The Morgan fingerprint density at radius 2 is 1.87 bits per heavy atom. The van der Waals surface area contributed by atoms with Crippen LogP contribution in [0.1, 0.15) is 44.7 Å². The number of nitrogens with zero attached hydrogens (tertiary/aromatic N) is 3. The summed E-state index contributed by atoms with van der Waals surface area (Å²) in [6.45, 7) is 6.87. The molecule has 0 spiro atoms. The smallest absolute Gasteiger partial charge is 0.223 e. The molecule has 3 rings (SSSR count). The van der Waals surface area contributed by atoms with Crippen molar-refractivity contribution in [1.29, 1.82) is 0 Å². The Morgan fingerprint density at radius 3 is 2.48 bits per heavy atom. The Hall–Kier alpha value is -2.89. The van der Waals surface area contributed by atoms with Gasteiger partial charge in [0.25, 0.3) is 0 Å². The zero-order valence-electron chi connectivity index (χ0n) is 19.1. The summed E-state index contributed by atoms with van der Waals surface area (Å²) < 4.78 is 13.7. The summed E-state index contributed by atoms with van der Waals surface area (Å²) in [6.07, 6.45) is 0.819. The summed E-state index contributed by atoms with van der Waals surface area (Å²) in [6, 6.07) is 14.6. The van der Waals surface area contributed by atoms with E-state index < -0.39 is 0 Å². The van der Waals surface area contributed by atoms with Crippen LogP contribution in [0.25, 0.3) is 0 Å². The van der Waals surface area contributed by atoms with Crippen LogP contribution in [0.5, 0.6) is 0 Å². The quantitative estimate of drug-likeness (QED) is 0.637. The number of carbonyl (C=O) groups excluding carboxylic acids is 1. The first kappa shape index (κ1) is 22.8. The maximum atomic E-state index is 13.7. The van der Waals surface area contributed by atoms with E-state index >= 15 is 0 Å². The van der Waals surface area contributed by atoms with Gasteiger partial charge in [-0.15, -0.1) is 0 Å². The monoisotopic (exact) mass is 425 g/mol. The Balaban J connectivity index is 1.68. The van der Waals surface area contributed by atoms with Crippen molar-refractivity contribution in [2.24, 2.45) is 10.6 Å². The maximum Gasteiger partial charge on any atom is 0.223 e. The van der Waals surface area contributed by atoms with Crippen LogP contribution in [-0.4, -0.2) is 43.3 Å². The summed E-state index contributed by atoms with van der Waals surface area (Å²) in [5, 5.41) is 4.28. The van der Waals surface area contributed by atoms with E-state index in [0.717, 1.165) is 22.5 Å². The van der Waals surface area contributed by atoms with Gasteiger partial charge in [0.05, 0.1) is 12.3 Å². The lowest BCUT2D eigenvalue weighted by molar-refractivity contribution is -0.135. The Bertz CT molecular complexity index is 933. The Kier molecular flexibility index (Phi) is 6.98. The maximum absolute atomic E-state index is 13.7. The number of hydrogen-bond donors (Lipinski definition) is 0. The van der Waals surface area contributed by atoms with E-state index in [2.05, 4.69) is 5.16 Å². The minimum Gasteiger partial charge on any atom is -0.390 e. The van der Waals surface area contributed by atoms with Gasteiger partial charge in [-0.2, -0.15) is 0 Å². The lowest BCUT2D eigenvalue weighted by atomic mass is 9.91. The molecule has 6 heteroatoms. The number of carbonyl (C=O) groups is 1. The van der Waals surface area contributed by atoms with Gasteiger partial charge in [0.15, 0.2) is 6.10 Å². The van der Waals surface area contributed by atoms with E-state index in [1.807, 2.05) is 70.1 Å². The summed E-state index contributed by atoms with van der Waals surface area (Å²) in [5.41, 5.74) is 3.65. The standard InChI is InChI=1S/C25H32FN3O2/c1-25(2,3)15-24(30)29(16-18-7-6-8-20(26)13-18)17-22-14-23(27-31-22)19-9-11-21(12-10-19)28(4)5/h6-13,22H,14-17H2,1-5H3. The van der Waals surface area contributed by atoms with Crippen LogP contribution in [0.15, 0.2) is 53.7 Å². The third-order valence-electron chi connectivity index (χ3n) is 5.17. The topological polar surface area (TPSA) is 45.1 Å². The molecule has 1 atom stereocenters. The molecular formula is C25H32FN3O2. The molecule has 166 valence electrons. The number of halogens is 1. The highest BCUT2D eigenvalue weighted by Crippen LogP contribution is 2.24. The zero-order chi connectivity index (χ0) is 22.6. The van der Waals surface area contributed by atoms with Crippen molar-refractivity contribution < 1.29 is 14.0 Å². The second kappa shape index (κ2) is 9.50.